The lowest BCUT2D eigenvalue weighted by molar-refractivity contribution is -0.119. The number of benzene rings is 2. The zero-order valence-electron chi connectivity index (χ0n) is 14.7. The van der Waals surface area contributed by atoms with Gasteiger partial charge in [-0.2, -0.15) is 0 Å². The summed E-state index contributed by atoms with van der Waals surface area (Å²) in [5, 5.41) is 6.06. The van der Waals surface area contributed by atoms with Gasteiger partial charge in [-0.15, -0.1) is 24.2 Å². The Hall–Kier alpha value is -1.77. The molecule has 2 aromatic rings. The van der Waals surface area contributed by atoms with Crippen molar-refractivity contribution in [3.05, 3.63) is 65.2 Å². The van der Waals surface area contributed by atoms with E-state index in [-0.39, 0.29) is 36.0 Å². The summed E-state index contributed by atoms with van der Waals surface area (Å²) in [5.41, 5.74) is 0.633. The van der Waals surface area contributed by atoms with Crippen LogP contribution in [0.25, 0.3) is 0 Å². The van der Waals surface area contributed by atoms with Crippen LogP contribution >= 0.6 is 24.2 Å². The van der Waals surface area contributed by atoms with Crippen LogP contribution in [0.1, 0.15) is 17.9 Å². The normalized spacial score (nSPS) is 19.0. The molecule has 152 valence electrons. The molecule has 1 aliphatic rings. The monoisotopic (exact) mass is 434 g/mol. The van der Waals surface area contributed by atoms with Crippen molar-refractivity contribution in [3.8, 4) is 0 Å². The Morgan fingerprint density at radius 2 is 1.71 bits per heavy atom. The Morgan fingerprint density at radius 3 is 2.39 bits per heavy atom. The number of piperidine rings is 1. The minimum Gasteiger partial charge on any atom is -0.351 e. The first-order valence-electron chi connectivity index (χ1n) is 8.47. The molecule has 0 spiro atoms. The minimum atomic E-state index is -0.963. The van der Waals surface area contributed by atoms with Crippen LogP contribution < -0.4 is 10.6 Å². The highest BCUT2D eigenvalue weighted by molar-refractivity contribution is 8.00. The number of carbonyl (C=O) groups excluding carboxylic acids is 1. The van der Waals surface area contributed by atoms with Crippen molar-refractivity contribution in [1.29, 1.82) is 0 Å². The Kier molecular flexibility index (Phi) is 8.15. The number of halogens is 5. The molecule has 9 heteroatoms. The number of rotatable bonds is 5. The summed E-state index contributed by atoms with van der Waals surface area (Å²) in [4.78, 5) is 12.7. The summed E-state index contributed by atoms with van der Waals surface area (Å²) in [7, 11) is 0. The molecule has 0 bridgehead atoms. The third-order valence-corrected chi connectivity index (χ3v) is 5.46. The largest absolute Gasteiger partial charge is 0.351 e. The van der Waals surface area contributed by atoms with E-state index >= 15 is 0 Å². The predicted molar refractivity (Wildman–Crippen MR) is 103 cm³/mol. The van der Waals surface area contributed by atoms with Crippen LogP contribution in [0.4, 0.5) is 17.6 Å². The molecule has 0 aromatic heterocycles. The van der Waals surface area contributed by atoms with Crippen LogP contribution in [0.2, 0.25) is 0 Å². The van der Waals surface area contributed by atoms with Crippen molar-refractivity contribution in [2.45, 2.75) is 23.3 Å². The summed E-state index contributed by atoms with van der Waals surface area (Å²) in [6, 6.07) is 6.97. The molecule has 3 rings (SSSR count). The van der Waals surface area contributed by atoms with Crippen molar-refractivity contribution in [2.24, 2.45) is 0 Å². The quantitative estimate of drug-likeness (QED) is 0.551. The lowest BCUT2D eigenvalue weighted by Crippen LogP contribution is -2.50. The lowest BCUT2D eigenvalue weighted by atomic mass is 9.86. The molecule has 0 saturated carbocycles. The molecule has 1 aliphatic heterocycles. The van der Waals surface area contributed by atoms with E-state index < -0.39 is 23.3 Å². The van der Waals surface area contributed by atoms with Crippen molar-refractivity contribution in [1.82, 2.24) is 10.6 Å². The molecule has 1 amide bonds. The van der Waals surface area contributed by atoms with E-state index in [2.05, 4.69) is 10.6 Å². The fourth-order valence-corrected chi connectivity index (χ4v) is 3.85. The van der Waals surface area contributed by atoms with Crippen LogP contribution in [0, 0.1) is 23.3 Å². The van der Waals surface area contributed by atoms with Gasteiger partial charge in [0.05, 0.1) is 5.75 Å². The van der Waals surface area contributed by atoms with Gasteiger partial charge in [0.25, 0.3) is 0 Å². The molecule has 3 nitrogen and oxygen atoms in total. The van der Waals surface area contributed by atoms with Crippen molar-refractivity contribution >= 4 is 30.1 Å². The number of hydrogen-bond donors (Lipinski definition) is 2. The highest BCUT2D eigenvalue weighted by Gasteiger charge is 2.28. The fraction of sp³-hybridized carbons (Fsp3) is 0.316. The second-order valence-corrected chi connectivity index (χ2v) is 7.36. The molecule has 2 N–H and O–H groups in total. The van der Waals surface area contributed by atoms with Gasteiger partial charge >= 0.3 is 0 Å². The average Bonchev–Trinajstić information content (AvgIpc) is 2.65. The number of hydrogen-bond acceptors (Lipinski definition) is 3. The number of nitrogens with one attached hydrogen (secondary N) is 2. The average molecular weight is 435 g/mol. The topological polar surface area (TPSA) is 41.1 Å². The zero-order chi connectivity index (χ0) is 19.4. The van der Waals surface area contributed by atoms with E-state index in [1.807, 2.05) is 0 Å². The van der Waals surface area contributed by atoms with Gasteiger partial charge < -0.3 is 10.6 Å². The first kappa shape index (κ1) is 22.5. The zero-order valence-corrected chi connectivity index (χ0v) is 16.3. The van der Waals surface area contributed by atoms with Crippen LogP contribution in [-0.2, 0) is 4.79 Å². The number of amides is 1. The van der Waals surface area contributed by atoms with Gasteiger partial charge in [-0.05, 0) is 48.9 Å². The number of carbonyl (C=O) groups is 1. The Labute approximate surface area is 170 Å². The van der Waals surface area contributed by atoms with E-state index in [1.54, 1.807) is 0 Å². The number of thioether (sulfide) groups is 1. The second kappa shape index (κ2) is 10.1. The molecule has 0 radical (unpaired) electrons. The maximum Gasteiger partial charge on any atom is 0.230 e. The van der Waals surface area contributed by atoms with Gasteiger partial charge in [-0.3, -0.25) is 4.79 Å². The third kappa shape index (κ3) is 5.62. The Balaban J connectivity index is 0.00000280. The van der Waals surface area contributed by atoms with E-state index in [0.717, 1.165) is 30.0 Å². The summed E-state index contributed by atoms with van der Waals surface area (Å²) >= 11 is 1.09. The van der Waals surface area contributed by atoms with Gasteiger partial charge in [-0.25, -0.2) is 17.6 Å². The van der Waals surface area contributed by atoms with Gasteiger partial charge in [-0.1, -0.05) is 6.07 Å². The highest BCUT2D eigenvalue weighted by atomic mass is 35.5. The van der Waals surface area contributed by atoms with Gasteiger partial charge in [0.2, 0.25) is 5.91 Å². The summed E-state index contributed by atoms with van der Waals surface area (Å²) in [6.45, 7) is 1.21. The first-order valence-corrected chi connectivity index (χ1v) is 9.45. The highest BCUT2D eigenvalue weighted by Crippen LogP contribution is 2.27. The van der Waals surface area contributed by atoms with Crippen molar-refractivity contribution in [3.63, 3.8) is 0 Å². The van der Waals surface area contributed by atoms with Crippen LogP contribution in [0.5, 0.6) is 0 Å². The standard InChI is InChI=1S/C19H18F4N2OS.ClH/c20-14-3-1-11(7-16(14)22)13-5-6-24-9-18(13)25-19(26)10-27-12-2-4-15(21)17(23)8-12;/h1-4,7-8,13,18,24H,5-6,9-10H2,(H,25,26);1H. The molecule has 1 fully saturated rings. The third-order valence-electron chi connectivity index (χ3n) is 4.46. The maximum atomic E-state index is 13.6. The molecule has 28 heavy (non-hydrogen) atoms. The van der Waals surface area contributed by atoms with Crippen LogP contribution in [0.15, 0.2) is 41.3 Å². The molecule has 0 aliphatic carbocycles. The first-order chi connectivity index (χ1) is 12.9. The SMILES string of the molecule is Cl.O=C(CSc1ccc(F)c(F)c1)NC1CNCCC1c1ccc(F)c(F)c1. The van der Waals surface area contributed by atoms with Gasteiger partial charge in [0.15, 0.2) is 23.3 Å². The molecule has 2 atom stereocenters. The molecular formula is C19H19ClF4N2OS. The molecule has 1 heterocycles. The predicted octanol–water partition coefficient (Wildman–Crippen LogP) is 4.02. The lowest BCUT2D eigenvalue weighted by Gasteiger charge is -2.33. The summed E-state index contributed by atoms with van der Waals surface area (Å²) < 4.78 is 52.9. The van der Waals surface area contributed by atoms with Crippen LogP contribution in [-0.4, -0.2) is 30.8 Å². The smallest absolute Gasteiger partial charge is 0.230 e. The van der Waals surface area contributed by atoms with E-state index in [0.29, 0.717) is 30.0 Å². The fourth-order valence-electron chi connectivity index (χ4n) is 3.12. The Bertz CT molecular complexity index is 840. The molecule has 2 aromatic carbocycles. The van der Waals surface area contributed by atoms with E-state index in [1.165, 1.54) is 18.2 Å². The van der Waals surface area contributed by atoms with E-state index in [9.17, 15) is 22.4 Å². The van der Waals surface area contributed by atoms with Crippen molar-refractivity contribution in [2.75, 3.05) is 18.8 Å². The minimum absolute atomic E-state index is 0. The summed E-state index contributed by atoms with van der Waals surface area (Å²) in [5.74, 6) is -4.10. The summed E-state index contributed by atoms with van der Waals surface area (Å²) in [6.07, 6.45) is 0.673. The van der Waals surface area contributed by atoms with Crippen LogP contribution in [0.3, 0.4) is 0 Å². The van der Waals surface area contributed by atoms with E-state index in [4.69, 9.17) is 0 Å². The molecular weight excluding hydrogens is 416 g/mol. The van der Waals surface area contributed by atoms with Crippen molar-refractivity contribution < 1.29 is 22.4 Å². The van der Waals surface area contributed by atoms with Gasteiger partial charge in [0.1, 0.15) is 0 Å². The molecule has 2 unspecified atom stereocenters. The Morgan fingerprint density at radius 1 is 1.04 bits per heavy atom. The second-order valence-electron chi connectivity index (χ2n) is 6.31. The molecule has 1 saturated heterocycles. The maximum absolute atomic E-state index is 13.6. The van der Waals surface area contributed by atoms with Gasteiger partial charge in [0, 0.05) is 23.4 Å².